The van der Waals surface area contributed by atoms with Crippen molar-refractivity contribution in [1.29, 1.82) is 0 Å². The van der Waals surface area contributed by atoms with Crippen LogP contribution in [0.3, 0.4) is 0 Å². The molecule has 1 aromatic rings. The van der Waals surface area contributed by atoms with E-state index < -0.39 is 0 Å². The maximum absolute atomic E-state index is 5.44. The molecule has 0 saturated carbocycles. The summed E-state index contributed by atoms with van der Waals surface area (Å²) in [5.41, 5.74) is 5.44. The van der Waals surface area contributed by atoms with E-state index in [9.17, 15) is 0 Å². The van der Waals surface area contributed by atoms with Gasteiger partial charge >= 0.3 is 0 Å². The van der Waals surface area contributed by atoms with E-state index in [0.717, 1.165) is 26.1 Å². The van der Waals surface area contributed by atoms with Gasteiger partial charge in [-0.1, -0.05) is 6.07 Å². The minimum Gasteiger partial charge on any atom is -0.329 e. The highest BCUT2D eigenvalue weighted by atomic mass is 32.1. The molecule has 12 heavy (non-hydrogen) atoms. The van der Waals surface area contributed by atoms with Crippen molar-refractivity contribution in [2.75, 3.05) is 26.7 Å². The Hall–Kier alpha value is -0.380. The molecule has 2 N–H and O–H groups in total. The summed E-state index contributed by atoms with van der Waals surface area (Å²) >= 11 is 1.83. The number of likely N-dealkylation sites (N-methyl/N-ethyl adjacent to an activating group) is 1. The third kappa shape index (κ3) is 3.34. The average molecular weight is 184 g/mol. The number of nitrogens with two attached hydrogens (primary N) is 1. The van der Waals surface area contributed by atoms with Crippen molar-refractivity contribution in [2.24, 2.45) is 5.73 Å². The first kappa shape index (κ1) is 9.71. The van der Waals surface area contributed by atoms with E-state index in [1.807, 2.05) is 11.3 Å². The van der Waals surface area contributed by atoms with Gasteiger partial charge in [0.1, 0.15) is 0 Å². The largest absolute Gasteiger partial charge is 0.329 e. The zero-order valence-electron chi connectivity index (χ0n) is 7.49. The van der Waals surface area contributed by atoms with Crippen LogP contribution in [0, 0.1) is 0 Å². The first-order chi connectivity index (χ1) is 5.83. The summed E-state index contributed by atoms with van der Waals surface area (Å²) in [6, 6.07) is 4.28. The molecule has 68 valence electrons. The fraction of sp³-hybridized carbons (Fsp3) is 0.556. The van der Waals surface area contributed by atoms with Crippen molar-refractivity contribution in [1.82, 2.24) is 4.90 Å². The zero-order chi connectivity index (χ0) is 8.81. The predicted octanol–water partition coefficient (Wildman–Crippen LogP) is 1.18. The van der Waals surface area contributed by atoms with Gasteiger partial charge in [-0.15, -0.1) is 11.3 Å². The molecule has 0 bridgehead atoms. The van der Waals surface area contributed by atoms with Crippen molar-refractivity contribution in [2.45, 2.75) is 6.42 Å². The van der Waals surface area contributed by atoms with Gasteiger partial charge in [-0.05, 0) is 24.9 Å². The second-order valence-electron chi connectivity index (χ2n) is 2.92. The van der Waals surface area contributed by atoms with E-state index in [1.54, 1.807) is 0 Å². The van der Waals surface area contributed by atoms with Crippen LogP contribution in [0.4, 0.5) is 0 Å². The molecule has 0 fully saturated rings. The van der Waals surface area contributed by atoms with Crippen LogP contribution in [0.5, 0.6) is 0 Å². The van der Waals surface area contributed by atoms with Gasteiger partial charge in [0.2, 0.25) is 0 Å². The lowest BCUT2D eigenvalue weighted by atomic mass is 10.3. The number of nitrogens with zero attached hydrogens (tertiary/aromatic N) is 1. The van der Waals surface area contributed by atoms with Gasteiger partial charge in [-0.2, -0.15) is 0 Å². The van der Waals surface area contributed by atoms with E-state index in [-0.39, 0.29) is 0 Å². The van der Waals surface area contributed by atoms with Crippen LogP contribution < -0.4 is 5.73 Å². The Morgan fingerprint density at radius 1 is 1.50 bits per heavy atom. The summed E-state index contributed by atoms with van der Waals surface area (Å²) in [6.07, 6.45) is 1.15. The van der Waals surface area contributed by atoms with Gasteiger partial charge in [-0.25, -0.2) is 0 Å². The molecular weight excluding hydrogens is 168 g/mol. The third-order valence-corrected chi connectivity index (χ3v) is 2.77. The van der Waals surface area contributed by atoms with Gasteiger partial charge < -0.3 is 10.6 Å². The van der Waals surface area contributed by atoms with Crippen molar-refractivity contribution in [3.05, 3.63) is 22.4 Å². The van der Waals surface area contributed by atoms with Crippen LogP contribution in [0.1, 0.15) is 4.88 Å². The fourth-order valence-electron chi connectivity index (χ4n) is 1.09. The van der Waals surface area contributed by atoms with Crippen LogP contribution >= 0.6 is 11.3 Å². The predicted molar refractivity (Wildman–Crippen MR) is 54.6 cm³/mol. The molecule has 1 aromatic heterocycles. The number of thiophene rings is 1. The molecule has 0 saturated heterocycles. The van der Waals surface area contributed by atoms with E-state index >= 15 is 0 Å². The Bertz CT molecular complexity index is 196. The van der Waals surface area contributed by atoms with Gasteiger partial charge in [0, 0.05) is 24.5 Å². The Balaban J connectivity index is 2.17. The first-order valence-electron chi connectivity index (χ1n) is 4.24. The molecule has 3 heteroatoms. The van der Waals surface area contributed by atoms with E-state index in [4.69, 9.17) is 5.73 Å². The lowest BCUT2D eigenvalue weighted by Gasteiger charge is -2.13. The van der Waals surface area contributed by atoms with Crippen molar-refractivity contribution < 1.29 is 0 Å². The molecule has 0 aromatic carbocycles. The van der Waals surface area contributed by atoms with Crippen LogP contribution in [0.25, 0.3) is 0 Å². The third-order valence-electron chi connectivity index (χ3n) is 1.83. The molecule has 0 amide bonds. The van der Waals surface area contributed by atoms with E-state index in [1.165, 1.54) is 4.88 Å². The topological polar surface area (TPSA) is 29.3 Å². The summed E-state index contributed by atoms with van der Waals surface area (Å²) in [5.74, 6) is 0. The Morgan fingerprint density at radius 2 is 2.33 bits per heavy atom. The lowest BCUT2D eigenvalue weighted by Crippen LogP contribution is -2.27. The molecule has 2 nitrogen and oxygen atoms in total. The quantitative estimate of drug-likeness (QED) is 0.744. The van der Waals surface area contributed by atoms with E-state index in [0.29, 0.717) is 0 Å². The summed E-state index contributed by atoms with van der Waals surface area (Å²) in [4.78, 5) is 3.72. The molecule has 0 radical (unpaired) electrons. The summed E-state index contributed by atoms with van der Waals surface area (Å²) in [5, 5.41) is 2.12. The van der Waals surface area contributed by atoms with Crippen LogP contribution in [0.15, 0.2) is 17.5 Å². The van der Waals surface area contributed by atoms with Crippen LogP contribution in [-0.2, 0) is 6.42 Å². The highest BCUT2D eigenvalue weighted by Gasteiger charge is 1.97. The number of hydrogen-bond acceptors (Lipinski definition) is 3. The van der Waals surface area contributed by atoms with E-state index in [2.05, 4.69) is 29.5 Å². The molecule has 0 aliphatic carbocycles. The molecule has 0 unspecified atom stereocenters. The van der Waals surface area contributed by atoms with Gasteiger partial charge in [0.25, 0.3) is 0 Å². The SMILES string of the molecule is CN(CCN)CCc1cccs1. The summed E-state index contributed by atoms with van der Waals surface area (Å²) < 4.78 is 0. The van der Waals surface area contributed by atoms with Crippen LogP contribution in [-0.4, -0.2) is 31.6 Å². The molecule has 0 spiro atoms. The summed E-state index contributed by atoms with van der Waals surface area (Å²) in [6.45, 7) is 2.85. The maximum Gasteiger partial charge on any atom is 0.0102 e. The van der Waals surface area contributed by atoms with Crippen molar-refractivity contribution >= 4 is 11.3 Å². The van der Waals surface area contributed by atoms with Gasteiger partial charge in [-0.3, -0.25) is 0 Å². The van der Waals surface area contributed by atoms with Crippen LogP contribution in [0.2, 0.25) is 0 Å². The standard InChI is InChI=1S/C9H16N2S/c1-11(7-5-10)6-4-9-3-2-8-12-9/h2-3,8H,4-7,10H2,1H3. The molecule has 1 rings (SSSR count). The number of rotatable bonds is 5. The highest BCUT2D eigenvalue weighted by Crippen LogP contribution is 2.08. The minimum atomic E-state index is 0.751. The van der Waals surface area contributed by atoms with Gasteiger partial charge in [0.05, 0.1) is 0 Å². The zero-order valence-corrected chi connectivity index (χ0v) is 8.31. The second-order valence-corrected chi connectivity index (χ2v) is 3.95. The summed E-state index contributed by atoms with van der Waals surface area (Å²) in [7, 11) is 2.11. The Kier molecular flexibility index (Phi) is 4.29. The Morgan fingerprint density at radius 3 is 2.92 bits per heavy atom. The highest BCUT2D eigenvalue weighted by molar-refractivity contribution is 7.09. The Labute approximate surface area is 78.0 Å². The lowest BCUT2D eigenvalue weighted by molar-refractivity contribution is 0.349. The van der Waals surface area contributed by atoms with Crippen molar-refractivity contribution in [3.8, 4) is 0 Å². The normalized spacial score (nSPS) is 10.9. The first-order valence-corrected chi connectivity index (χ1v) is 5.12. The molecule has 0 aliphatic rings. The van der Waals surface area contributed by atoms with Crippen molar-refractivity contribution in [3.63, 3.8) is 0 Å². The average Bonchev–Trinajstić information content (AvgIpc) is 2.53. The second kappa shape index (κ2) is 5.30. The maximum atomic E-state index is 5.44. The molecule has 0 atom stereocenters. The minimum absolute atomic E-state index is 0.751. The monoisotopic (exact) mass is 184 g/mol. The molecule has 0 aliphatic heterocycles. The molecule has 1 heterocycles. The smallest absolute Gasteiger partial charge is 0.0102 e. The fourth-order valence-corrected chi connectivity index (χ4v) is 1.79. The number of hydrogen-bond donors (Lipinski definition) is 1. The molecular formula is C9H16N2S. The van der Waals surface area contributed by atoms with Gasteiger partial charge in [0.15, 0.2) is 0 Å².